The van der Waals surface area contributed by atoms with Gasteiger partial charge in [0.1, 0.15) is 0 Å². The van der Waals surface area contributed by atoms with E-state index in [1.165, 1.54) is 32.4 Å². The fourth-order valence-electron chi connectivity index (χ4n) is 2.17. The van der Waals surface area contributed by atoms with E-state index in [0.29, 0.717) is 6.04 Å². The lowest BCUT2D eigenvalue weighted by molar-refractivity contribution is 0.136. The van der Waals surface area contributed by atoms with Crippen molar-refractivity contribution in [2.45, 2.75) is 58.2 Å². The summed E-state index contributed by atoms with van der Waals surface area (Å²) in [7, 11) is 0. The molecule has 3 unspecified atom stereocenters. The average molecular weight is 214 g/mol. The van der Waals surface area contributed by atoms with Crippen LogP contribution >= 0.6 is 0 Å². The molecule has 1 saturated heterocycles. The molecule has 0 amide bonds. The third-order valence-corrected chi connectivity index (χ3v) is 3.25. The Morgan fingerprint density at radius 3 is 2.27 bits per heavy atom. The summed E-state index contributed by atoms with van der Waals surface area (Å²) in [5.74, 6) is 0. The molecular weight excluding hydrogens is 188 g/mol. The molecule has 1 aliphatic heterocycles. The fraction of sp³-hybridized carbons (Fsp3) is 1.00. The molecule has 1 rings (SSSR count). The molecule has 1 aliphatic rings. The molecule has 0 aromatic rings. The molecule has 0 bridgehead atoms. The molecule has 3 nitrogen and oxygen atoms in total. The minimum absolute atomic E-state index is 0.185. The van der Waals surface area contributed by atoms with Crippen LogP contribution in [0.4, 0.5) is 0 Å². The number of aliphatic hydroxyl groups is 1. The number of nitrogens with one attached hydrogen (secondary N) is 1. The van der Waals surface area contributed by atoms with Gasteiger partial charge in [-0.05, 0) is 46.7 Å². The van der Waals surface area contributed by atoms with E-state index < -0.39 is 0 Å². The van der Waals surface area contributed by atoms with Crippen LogP contribution in [0.25, 0.3) is 0 Å². The first-order chi connectivity index (χ1) is 7.09. The van der Waals surface area contributed by atoms with Crippen LogP contribution in [0.2, 0.25) is 0 Å². The van der Waals surface area contributed by atoms with Gasteiger partial charge in [-0.1, -0.05) is 6.42 Å². The Hall–Kier alpha value is -0.120. The summed E-state index contributed by atoms with van der Waals surface area (Å²) in [5.41, 5.74) is 0. The Morgan fingerprint density at radius 1 is 1.13 bits per heavy atom. The summed E-state index contributed by atoms with van der Waals surface area (Å²) in [6.45, 7) is 9.68. The molecule has 15 heavy (non-hydrogen) atoms. The van der Waals surface area contributed by atoms with Gasteiger partial charge in [0, 0.05) is 18.6 Å². The second kappa shape index (κ2) is 6.46. The van der Waals surface area contributed by atoms with Crippen molar-refractivity contribution in [3.8, 4) is 0 Å². The van der Waals surface area contributed by atoms with Gasteiger partial charge in [0.05, 0.1) is 6.10 Å². The third-order valence-electron chi connectivity index (χ3n) is 3.25. The number of aliphatic hydroxyl groups excluding tert-OH is 1. The second-order valence-corrected chi connectivity index (χ2v) is 4.96. The largest absolute Gasteiger partial charge is 0.392 e. The van der Waals surface area contributed by atoms with Crippen molar-refractivity contribution in [1.29, 1.82) is 0 Å². The Kier molecular flexibility index (Phi) is 5.58. The molecule has 0 saturated carbocycles. The van der Waals surface area contributed by atoms with E-state index in [4.69, 9.17) is 0 Å². The Bertz CT molecular complexity index is 167. The summed E-state index contributed by atoms with van der Waals surface area (Å²) < 4.78 is 0. The smallest absolute Gasteiger partial charge is 0.0662 e. The molecule has 3 atom stereocenters. The number of likely N-dealkylation sites (tertiary alicyclic amines) is 1. The van der Waals surface area contributed by atoms with Gasteiger partial charge in [-0.3, -0.25) is 0 Å². The van der Waals surface area contributed by atoms with E-state index in [2.05, 4.69) is 17.1 Å². The quantitative estimate of drug-likeness (QED) is 0.722. The highest BCUT2D eigenvalue weighted by molar-refractivity contribution is 4.75. The van der Waals surface area contributed by atoms with Crippen LogP contribution in [0.1, 0.15) is 40.0 Å². The summed E-state index contributed by atoms with van der Waals surface area (Å²) in [6, 6.07) is 0.650. The number of hydrogen-bond acceptors (Lipinski definition) is 3. The SMILES string of the molecule is CC(CN1CCCCC1)NC(C)C(C)O. The van der Waals surface area contributed by atoms with E-state index in [0.717, 1.165) is 6.54 Å². The van der Waals surface area contributed by atoms with Crippen molar-refractivity contribution in [2.75, 3.05) is 19.6 Å². The van der Waals surface area contributed by atoms with Crippen LogP contribution in [0.15, 0.2) is 0 Å². The van der Waals surface area contributed by atoms with Crippen LogP contribution in [-0.2, 0) is 0 Å². The normalized spacial score (nSPS) is 24.8. The van der Waals surface area contributed by atoms with Crippen molar-refractivity contribution < 1.29 is 5.11 Å². The van der Waals surface area contributed by atoms with Gasteiger partial charge >= 0.3 is 0 Å². The molecule has 0 aliphatic carbocycles. The lowest BCUT2D eigenvalue weighted by Crippen LogP contribution is -2.47. The predicted octanol–water partition coefficient (Wildman–Crippen LogP) is 1.22. The van der Waals surface area contributed by atoms with E-state index in [1.807, 2.05) is 13.8 Å². The lowest BCUT2D eigenvalue weighted by Gasteiger charge is -2.31. The topological polar surface area (TPSA) is 35.5 Å². The molecule has 2 N–H and O–H groups in total. The van der Waals surface area contributed by atoms with Gasteiger partial charge in [-0.15, -0.1) is 0 Å². The van der Waals surface area contributed by atoms with Crippen molar-refractivity contribution in [3.05, 3.63) is 0 Å². The first kappa shape index (κ1) is 12.9. The van der Waals surface area contributed by atoms with E-state index in [-0.39, 0.29) is 12.1 Å². The van der Waals surface area contributed by atoms with Crippen molar-refractivity contribution >= 4 is 0 Å². The van der Waals surface area contributed by atoms with Crippen molar-refractivity contribution in [1.82, 2.24) is 10.2 Å². The van der Waals surface area contributed by atoms with Crippen molar-refractivity contribution in [2.24, 2.45) is 0 Å². The highest BCUT2D eigenvalue weighted by Crippen LogP contribution is 2.09. The van der Waals surface area contributed by atoms with Gasteiger partial charge in [-0.25, -0.2) is 0 Å². The Balaban J connectivity index is 2.19. The van der Waals surface area contributed by atoms with Gasteiger partial charge in [-0.2, -0.15) is 0 Å². The first-order valence-corrected chi connectivity index (χ1v) is 6.26. The zero-order valence-corrected chi connectivity index (χ0v) is 10.4. The van der Waals surface area contributed by atoms with Gasteiger partial charge in [0.2, 0.25) is 0 Å². The average Bonchev–Trinajstić information content (AvgIpc) is 2.18. The summed E-state index contributed by atoms with van der Waals surface area (Å²) in [5, 5.41) is 12.8. The summed E-state index contributed by atoms with van der Waals surface area (Å²) in [6.07, 6.45) is 3.81. The number of hydrogen-bond donors (Lipinski definition) is 2. The number of rotatable bonds is 5. The van der Waals surface area contributed by atoms with E-state index >= 15 is 0 Å². The van der Waals surface area contributed by atoms with Gasteiger partial charge in [0.25, 0.3) is 0 Å². The maximum absolute atomic E-state index is 9.40. The number of nitrogens with zero attached hydrogens (tertiary/aromatic N) is 1. The Morgan fingerprint density at radius 2 is 1.73 bits per heavy atom. The molecule has 3 heteroatoms. The zero-order valence-electron chi connectivity index (χ0n) is 10.4. The maximum atomic E-state index is 9.40. The molecular formula is C12H26N2O. The molecule has 90 valence electrons. The van der Waals surface area contributed by atoms with Crippen molar-refractivity contribution in [3.63, 3.8) is 0 Å². The molecule has 0 aromatic carbocycles. The van der Waals surface area contributed by atoms with Crippen LogP contribution in [0.3, 0.4) is 0 Å². The minimum Gasteiger partial charge on any atom is -0.392 e. The number of piperidine rings is 1. The Labute approximate surface area is 93.9 Å². The molecule has 1 fully saturated rings. The van der Waals surface area contributed by atoms with Crippen LogP contribution < -0.4 is 5.32 Å². The summed E-state index contributed by atoms with van der Waals surface area (Å²) >= 11 is 0. The monoisotopic (exact) mass is 214 g/mol. The third kappa shape index (κ3) is 4.96. The fourth-order valence-corrected chi connectivity index (χ4v) is 2.17. The highest BCUT2D eigenvalue weighted by Gasteiger charge is 2.16. The van der Waals surface area contributed by atoms with Crippen LogP contribution in [0.5, 0.6) is 0 Å². The van der Waals surface area contributed by atoms with Gasteiger partial charge < -0.3 is 15.3 Å². The van der Waals surface area contributed by atoms with Crippen LogP contribution in [-0.4, -0.2) is 47.8 Å². The zero-order chi connectivity index (χ0) is 11.3. The van der Waals surface area contributed by atoms with E-state index in [1.54, 1.807) is 0 Å². The second-order valence-electron chi connectivity index (χ2n) is 4.96. The lowest BCUT2D eigenvalue weighted by atomic mass is 10.1. The maximum Gasteiger partial charge on any atom is 0.0662 e. The molecule has 0 aromatic heterocycles. The predicted molar refractivity (Wildman–Crippen MR) is 64.0 cm³/mol. The molecule has 1 heterocycles. The van der Waals surface area contributed by atoms with Crippen LogP contribution in [0, 0.1) is 0 Å². The molecule has 0 radical (unpaired) electrons. The first-order valence-electron chi connectivity index (χ1n) is 6.26. The minimum atomic E-state index is -0.270. The van der Waals surface area contributed by atoms with Gasteiger partial charge in [0.15, 0.2) is 0 Å². The highest BCUT2D eigenvalue weighted by atomic mass is 16.3. The molecule has 0 spiro atoms. The summed E-state index contributed by atoms with van der Waals surface area (Å²) in [4.78, 5) is 2.52. The van der Waals surface area contributed by atoms with E-state index in [9.17, 15) is 5.11 Å². The standard InChI is InChI=1S/C12H26N2O/c1-10(13-11(2)12(3)15)9-14-7-5-4-6-8-14/h10-13,15H,4-9H2,1-3H3.